The summed E-state index contributed by atoms with van der Waals surface area (Å²) in [6, 6.07) is 0. The van der Waals surface area contributed by atoms with Gasteiger partial charge in [-0.25, -0.2) is 0 Å². The van der Waals surface area contributed by atoms with Gasteiger partial charge in [-0.3, -0.25) is 0 Å². The maximum absolute atomic E-state index is 13.9. The Labute approximate surface area is 290 Å². The first kappa shape index (κ1) is 41.6. The second-order valence-corrected chi connectivity index (χ2v) is 40.4. The summed E-state index contributed by atoms with van der Waals surface area (Å²) >= 11 is -13.0. The SMILES string of the molecule is C=C/C=C(\C=C/I(NC1=C/C=C/[C@H](C)I([C@H](O)I2(C)(O)C(=O)C(C(N)=O)=C(O)[C@H]2N(C)C)C(=O)C=C1O)P(=O)(OCC)OCC)OC. The predicted molar refractivity (Wildman–Crippen MR) is 208 cm³/mol. The third kappa shape index (κ3) is 8.59. The van der Waals surface area contributed by atoms with Crippen LogP contribution in [0.4, 0.5) is 0 Å². The molecule has 0 aliphatic carbocycles. The predicted octanol–water partition coefficient (Wildman–Crippen LogP) is 4.84. The third-order valence-electron chi connectivity index (χ3n) is 6.60. The summed E-state index contributed by atoms with van der Waals surface area (Å²) in [7, 11) is 4.36. The van der Waals surface area contributed by atoms with Crippen LogP contribution in [0.5, 0.6) is 0 Å². The van der Waals surface area contributed by atoms with Gasteiger partial charge in [-0.15, -0.1) is 0 Å². The number of hydrogen-bond donors (Lipinski definition) is 6. The first-order chi connectivity index (χ1) is 21.8. The van der Waals surface area contributed by atoms with E-state index in [9.17, 15) is 37.7 Å². The Morgan fingerprint density at radius 1 is 1.28 bits per heavy atom. The molecular weight excluding hydrogens is 978 g/mol. The molecule has 268 valence electrons. The molecule has 2 aliphatic rings. The number of alkyl halides is 5. The molecule has 0 fully saturated rings. The number of rotatable bonds is 15. The molecule has 0 aromatic heterocycles. The molecule has 0 radical (unpaired) electrons. The number of carbonyl (C=O) groups excluding carboxylic acids is 3. The second-order valence-electron chi connectivity index (χ2n) is 10.2. The van der Waals surface area contributed by atoms with Crippen LogP contribution < -0.4 is 9.26 Å². The second kappa shape index (κ2) is 16.9. The first-order valence-corrected chi connectivity index (χ1v) is 30.8. The summed E-state index contributed by atoms with van der Waals surface area (Å²) in [5.41, 5.74) is 4.61. The Morgan fingerprint density at radius 2 is 1.87 bits per heavy atom. The number of allylic oxidation sites excluding steroid dienone is 7. The van der Waals surface area contributed by atoms with Crippen LogP contribution in [0.25, 0.3) is 0 Å². The van der Waals surface area contributed by atoms with Crippen molar-refractivity contribution in [2.45, 2.75) is 30.9 Å². The first-order valence-electron chi connectivity index (χ1n) is 13.9. The number of aliphatic hydroxyl groups excluding tert-OH is 3. The topological polar surface area (TPSA) is 218 Å². The van der Waals surface area contributed by atoms with Crippen LogP contribution in [0, 0.1) is 0 Å². The normalized spacial score (nSPS) is 25.1. The van der Waals surface area contributed by atoms with Gasteiger partial charge in [0.15, 0.2) is 0 Å². The van der Waals surface area contributed by atoms with Crippen molar-refractivity contribution in [1.82, 2.24) is 8.43 Å². The molecule has 0 spiro atoms. The number of amides is 1. The molecule has 2 aliphatic heterocycles. The number of ether oxygens (including phenoxy) is 1. The van der Waals surface area contributed by atoms with E-state index in [0.717, 1.165) is 11.0 Å². The van der Waals surface area contributed by atoms with Gasteiger partial charge in [0, 0.05) is 0 Å². The fraction of sp³-hybridized carbons (Fsp3) is 0.414. The summed E-state index contributed by atoms with van der Waals surface area (Å²) < 4.78 is 41.7. The fourth-order valence-corrected chi connectivity index (χ4v) is 43.5. The quantitative estimate of drug-likeness (QED) is 0.0149. The van der Waals surface area contributed by atoms with Crippen LogP contribution in [-0.2, 0) is 32.7 Å². The number of aliphatic hydroxyl groups is 3. The van der Waals surface area contributed by atoms with E-state index in [0.29, 0.717) is 5.76 Å². The molecule has 0 unspecified atom stereocenters. The number of nitrogens with two attached hydrogens (primary N) is 1. The van der Waals surface area contributed by atoms with E-state index in [2.05, 4.69) is 10.1 Å². The van der Waals surface area contributed by atoms with E-state index in [1.165, 1.54) is 44.3 Å². The molecule has 0 saturated heterocycles. The summed E-state index contributed by atoms with van der Waals surface area (Å²) in [5, 5.41) is 30.3. The molecule has 2 rings (SSSR count). The molecule has 2 heterocycles. The third-order valence-corrected chi connectivity index (χ3v) is 44.1. The zero-order valence-corrected chi connectivity index (χ0v) is 34.6. The van der Waals surface area contributed by atoms with Crippen molar-refractivity contribution >= 4 is 75.6 Å². The van der Waals surface area contributed by atoms with Crippen LogP contribution in [-0.4, -0.2) is 86.6 Å². The van der Waals surface area contributed by atoms with Crippen LogP contribution in [0.3, 0.4) is 0 Å². The Hall–Kier alpha value is -1.59. The van der Waals surface area contributed by atoms with Gasteiger partial charge < -0.3 is 0 Å². The Bertz CT molecular complexity index is 1490. The van der Waals surface area contributed by atoms with Gasteiger partial charge in [0.2, 0.25) is 0 Å². The van der Waals surface area contributed by atoms with Gasteiger partial charge in [0.1, 0.15) is 0 Å². The molecule has 1 amide bonds. The number of halogens is 3. The van der Waals surface area contributed by atoms with Crippen molar-refractivity contribution in [3.63, 3.8) is 0 Å². The van der Waals surface area contributed by atoms with E-state index in [1.54, 1.807) is 43.1 Å². The van der Waals surface area contributed by atoms with E-state index >= 15 is 0 Å². The van der Waals surface area contributed by atoms with Crippen molar-refractivity contribution in [2.75, 3.05) is 39.3 Å². The van der Waals surface area contributed by atoms with E-state index in [4.69, 9.17) is 19.5 Å². The Kier molecular flexibility index (Phi) is 14.9. The molecule has 47 heavy (non-hydrogen) atoms. The van der Waals surface area contributed by atoms with Gasteiger partial charge in [0.25, 0.3) is 0 Å². The van der Waals surface area contributed by atoms with Gasteiger partial charge in [0.05, 0.1) is 0 Å². The average molecular weight is 1020 g/mol. The van der Waals surface area contributed by atoms with Gasteiger partial charge >= 0.3 is 293 Å². The zero-order chi connectivity index (χ0) is 35.9. The number of nitrogens with one attached hydrogen (secondary N) is 1. The van der Waals surface area contributed by atoms with Crippen LogP contribution in [0.15, 0.2) is 81.7 Å². The number of primary amides is 1. The van der Waals surface area contributed by atoms with E-state index in [-0.39, 0.29) is 18.9 Å². The van der Waals surface area contributed by atoms with Crippen LogP contribution in [0.1, 0.15) is 20.8 Å². The number of carbonyl (C=O) groups is 3. The summed E-state index contributed by atoms with van der Waals surface area (Å²) in [6.07, 6.45) is 10.1. The summed E-state index contributed by atoms with van der Waals surface area (Å²) in [4.78, 5) is 42.3. The number of nitrogens with zero attached hydrogens (tertiary/aromatic N) is 1. The van der Waals surface area contributed by atoms with E-state index in [1.807, 2.05) is 0 Å². The van der Waals surface area contributed by atoms with Crippen molar-refractivity contribution in [2.24, 2.45) is 5.73 Å². The monoisotopic (exact) mass is 1020 g/mol. The minimum atomic E-state index is -6.10. The zero-order valence-electron chi connectivity index (χ0n) is 27.2. The molecule has 7 N–H and O–H groups in total. The van der Waals surface area contributed by atoms with Crippen molar-refractivity contribution in [3.05, 3.63) is 81.7 Å². The average Bonchev–Trinajstić information content (AvgIpc) is 3.17. The molecule has 0 aromatic carbocycles. The number of methoxy groups -OCH3 is 1. The van der Waals surface area contributed by atoms with Crippen molar-refractivity contribution in [1.29, 1.82) is 0 Å². The molecular formula is C29H45I3N3O11P. The molecule has 0 bridgehead atoms. The van der Waals surface area contributed by atoms with Gasteiger partial charge in [-0.05, 0) is 0 Å². The van der Waals surface area contributed by atoms with Crippen molar-refractivity contribution < 1.29 is 51.5 Å². The van der Waals surface area contributed by atoms with Gasteiger partial charge in [-0.2, -0.15) is 0 Å². The minimum absolute atomic E-state index is 0.0138. The van der Waals surface area contributed by atoms with Crippen LogP contribution >= 0.6 is 62.1 Å². The van der Waals surface area contributed by atoms with E-state index < -0.39 is 103 Å². The molecule has 3 atom stereocenters. The fourth-order valence-electron chi connectivity index (χ4n) is 4.54. The summed E-state index contributed by atoms with van der Waals surface area (Å²) in [5.74, 6) is -2.16. The van der Waals surface area contributed by atoms with Crippen molar-refractivity contribution in [3.8, 4) is 0 Å². The standard InChI is InChI=1S/C29H45I3N3O11P/c1-9-13-20(44-8)16-17-30(47(43,45-10-2)46-11-3)34-21-15-12-14-19(4)31(23(37)18-22(21)36)29(41)32(5,42)26(35(6)7)25(38)24(27(32)39)28(33)40/h9,12-19,26,29,34,36,38,41-42H,1,10-11H2,2-8H3,(H2,33,40)/b14-12+,17-16-,20-13+,21-15?,22-18?/t19-,26+,29-/m0/s1. The van der Waals surface area contributed by atoms with Gasteiger partial charge in [-0.1, -0.05) is 0 Å². The Morgan fingerprint density at radius 3 is 2.36 bits per heavy atom. The summed E-state index contributed by atoms with van der Waals surface area (Å²) in [6.45, 7) is 8.75. The Balaban J connectivity index is 2.66. The maximum atomic E-state index is 13.9. The van der Waals surface area contributed by atoms with Crippen LogP contribution in [0.2, 0.25) is 0 Å². The number of likely N-dealkylation sites (N-methyl/N-ethyl adjacent to an activating group) is 1. The molecule has 0 saturated carbocycles. The molecule has 18 heteroatoms. The molecule has 14 nitrogen and oxygen atoms in total. The molecule has 0 aromatic rings. The number of hydrogen-bond acceptors (Lipinski definition) is 13.